The second-order valence-electron chi connectivity index (χ2n) is 6.27. The molecule has 1 amide bonds. The van der Waals surface area contributed by atoms with Crippen LogP contribution in [-0.2, 0) is 11.3 Å². The van der Waals surface area contributed by atoms with Gasteiger partial charge in [0, 0.05) is 21.1 Å². The Bertz CT molecular complexity index is 1200. The lowest BCUT2D eigenvalue weighted by Crippen LogP contribution is -2.30. The summed E-state index contributed by atoms with van der Waals surface area (Å²) in [7, 11) is 0. The summed E-state index contributed by atoms with van der Waals surface area (Å²) in [6.07, 6.45) is 0. The van der Waals surface area contributed by atoms with Crippen molar-refractivity contribution in [2.24, 2.45) is 0 Å². The third-order valence-corrected chi connectivity index (χ3v) is 4.89. The van der Waals surface area contributed by atoms with Gasteiger partial charge in [-0.1, -0.05) is 64.5 Å². The average molecular weight is 434 g/mol. The number of nitrogens with one attached hydrogen (secondary N) is 1. The molecule has 1 aromatic heterocycles. The van der Waals surface area contributed by atoms with Crippen LogP contribution in [0.3, 0.4) is 0 Å². The Morgan fingerprint density at radius 1 is 0.929 bits per heavy atom. The third-order valence-electron chi connectivity index (χ3n) is 4.37. The number of nitrogens with zero attached hydrogens (tertiary/aromatic N) is 2. The predicted molar refractivity (Wildman–Crippen MR) is 114 cm³/mol. The molecule has 4 aromatic rings. The molecular formula is C22H16BrN3O2. The smallest absolute Gasteiger partial charge is 0.325 e. The third kappa shape index (κ3) is 3.73. The summed E-state index contributed by atoms with van der Waals surface area (Å²) in [5.74, 6) is -0.288. The minimum atomic E-state index is -0.455. The van der Waals surface area contributed by atoms with E-state index in [1.807, 2.05) is 66.7 Å². The molecule has 0 aliphatic carbocycles. The number of carbonyl (C=O) groups is 1. The summed E-state index contributed by atoms with van der Waals surface area (Å²) >= 11 is 3.36. The zero-order valence-electron chi connectivity index (χ0n) is 14.8. The number of hydrogen-bond acceptors (Lipinski definition) is 3. The van der Waals surface area contributed by atoms with Crippen LogP contribution in [0.1, 0.15) is 0 Å². The zero-order valence-corrected chi connectivity index (χ0v) is 16.4. The van der Waals surface area contributed by atoms with Crippen LogP contribution in [0, 0.1) is 0 Å². The number of benzene rings is 3. The Hall–Kier alpha value is -3.25. The zero-order chi connectivity index (χ0) is 19.5. The number of aromatic nitrogens is 2. The normalized spacial score (nSPS) is 10.8. The molecule has 0 atom stereocenters. The molecule has 0 aliphatic rings. The number of carbonyl (C=O) groups excluding carboxylic acids is 1. The number of fused-ring (bicyclic) bond motifs is 1. The predicted octanol–water partition coefficient (Wildman–Crippen LogP) is 4.46. The Kier molecular flexibility index (Phi) is 5.04. The van der Waals surface area contributed by atoms with Gasteiger partial charge in [-0.3, -0.25) is 9.36 Å². The maximum Gasteiger partial charge on any atom is 0.349 e. The fourth-order valence-corrected chi connectivity index (χ4v) is 3.34. The highest BCUT2D eigenvalue weighted by molar-refractivity contribution is 9.10. The summed E-state index contributed by atoms with van der Waals surface area (Å²) in [6.45, 7) is -0.114. The van der Waals surface area contributed by atoms with E-state index in [2.05, 4.69) is 26.2 Å². The van der Waals surface area contributed by atoms with Gasteiger partial charge < -0.3 is 5.32 Å². The van der Waals surface area contributed by atoms with Crippen molar-refractivity contribution >= 4 is 38.4 Å². The summed E-state index contributed by atoms with van der Waals surface area (Å²) in [5.41, 5.74) is 2.36. The van der Waals surface area contributed by atoms with Gasteiger partial charge >= 0.3 is 5.69 Å². The molecule has 0 saturated heterocycles. The van der Waals surface area contributed by atoms with Gasteiger partial charge in [-0.15, -0.1) is 0 Å². The molecule has 0 radical (unpaired) electrons. The lowest BCUT2D eigenvalue weighted by Gasteiger charge is -2.13. The van der Waals surface area contributed by atoms with E-state index in [0.29, 0.717) is 16.9 Å². The SMILES string of the molecule is O=C(Cn1c(=O)nc(-c2ccccc2)c2ccccc21)Nc1ccc(Br)cc1. The molecule has 6 heteroatoms. The van der Waals surface area contributed by atoms with Gasteiger partial charge in [0.25, 0.3) is 0 Å². The monoisotopic (exact) mass is 433 g/mol. The summed E-state index contributed by atoms with van der Waals surface area (Å²) < 4.78 is 2.32. The molecule has 0 aliphatic heterocycles. The Labute approximate surface area is 169 Å². The first-order chi connectivity index (χ1) is 13.6. The molecule has 1 heterocycles. The van der Waals surface area contributed by atoms with Crippen molar-refractivity contribution in [1.82, 2.24) is 9.55 Å². The number of halogens is 1. The van der Waals surface area contributed by atoms with Gasteiger partial charge in [-0.25, -0.2) is 4.79 Å². The minimum Gasteiger partial charge on any atom is -0.325 e. The van der Waals surface area contributed by atoms with Crippen molar-refractivity contribution in [2.45, 2.75) is 6.54 Å². The van der Waals surface area contributed by atoms with E-state index in [-0.39, 0.29) is 12.5 Å². The average Bonchev–Trinajstić information content (AvgIpc) is 2.72. The van der Waals surface area contributed by atoms with Crippen LogP contribution in [0.15, 0.2) is 88.1 Å². The topological polar surface area (TPSA) is 64.0 Å². The van der Waals surface area contributed by atoms with Crippen LogP contribution in [0.5, 0.6) is 0 Å². The Morgan fingerprint density at radius 3 is 2.36 bits per heavy atom. The number of para-hydroxylation sites is 1. The molecule has 1 N–H and O–H groups in total. The Morgan fingerprint density at radius 2 is 1.61 bits per heavy atom. The number of hydrogen-bond donors (Lipinski definition) is 1. The summed E-state index contributed by atoms with van der Waals surface area (Å²) in [5, 5.41) is 3.63. The molecule has 0 spiro atoms. The first kappa shape index (κ1) is 18.1. The fourth-order valence-electron chi connectivity index (χ4n) is 3.07. The van der Waals surface area contributed by atoms with E-state index in [4.69, 9.17) is 0 Å². The molecule has 5 nitrogen and oxygen atoms in total. The van der Waals surface area contributed by atoms with Crippen LogP contribution >= 0.6 is 15.9 Å². The number of amides is 1. The molecular weight excluding hydrogens is 418 g/mol. The first-order valence-corrected chi connectivity index (χ1v) is 9.51. The largest absolute Gasteiger partial charge is 0.349 e. The lowest BCUT2D eigenvalue weighted by atomic mass is 10.1. The second-order valence-corrected chi connectivity index (χ2v) is 7.18. The molecule has 138 valence electrons. The van der Waals surface area contributed by atoms with Gasteiger partial charge in [-0.2, -0.15) is 4.98 Å². The van der Waals surface area contributed by atoms with E-state index in [1.165, 1.54) is 4.57 Å². The fraction of sp³-hybridized carbons (Fsp3) is 0.0455. The van der Waals surface area contributed by atoms with Crippen molar-refractivity contribution in [2.75, 3.05) is 5.32 Å². The van der Waals surface area contributed by atoms with Gasteiger partial charge in [0.05, 0.1) is 11.2 Å². The van der Waals surface area contributed by atoms with Gasteiger partial charge in [0.15, 0.2) is 0 Å². The molecule has 28 heavy (non-hydrogen) atoms. The number of anilines is 1. The molecule has 0 bridgehead atoms. The van der Waals surface area contributed by atoms with Crippen molar-refractivity contribution < 1.29 is 4.79 Å². The van der Waals surface area contributed by atoms with E-state index >= 15 is 0 Å². The lowest BCUT2D eigenvalue weighted by molar-refractivity contribution is -0.116. The van der Waals surface area contributed by atoms with Crippen molar-refractivity contribution in [3.63, 3.8) is 0 Å². The van der Waals surface area contributed by atoms with Gasteiger partial charge in [0.1, 0.15) is 6.54 Å². The molecule has 0 unspecified atom stereocenters. The van der Waals surface area contributed by atoms with E-state index in [9.17, 15) is 9.59 Å². The summed E-state index contributed by atoms with van der Waals surface area (Å²) in [6, 6.07) is 24.3. The van der Waals surface area contributed by atoms with E-state index in [1.54, 1.807) is 12.1 Å². The second kappa shape index (κ2) is 7.78. The first-order valence-electron chi connectivity index (χ1n) is 8.72. The van der Waals surface area contributed by atoms with Crippen molar-refractivity contribution in [1.29, 1.82) is 0 Å². The van der Waals surface area contributed by atoms with Gasteiger partial charge in [-0.05, 0) is 30.3 Å². The Balaban J connectivity index is 1.72. The maximum absolute atomic E-state index is 12.7. The highest BCUT2D eigenvalue weighted by atomic mass is 79.9. The molecule has 0 fully saturated rings. The number of rotatable bonds is 4. The van der Waals surface area contributed by atoms with Crippen LogP contribution in [-0.4, -0.2) is 15.5 Å². The standard InChI is InChI=1S/C22H16BrN3O2/c23-16-10-12-17(13-11-16)24-20(27)14-26-19-9-5-4-8-18(19)21(25-22(26)28)15-6-2-1-3-7-15/h1-13H,14H2,(H,24,27). The quantitative estimate of drug-likeness (QED) is 0.516. The van der Waals surface area contributed by atoms with Crippen molar-refractivity contribution in [3.05, 3.63) is 93.8 Å². The maximum atomic E-state index is 12.7. The van der Waals surface area contributed by atoms with Crippen LogP contribution in [0.2, 0.25) is 0 Å². The van der Waals surface area contributed by atoms with Crippen molar-refractivity contribution in [3.8, 4) is 11.3 Å². The highest BCUT2D eigenvalue weighted by Crippen LogP contribution is 2.25. The van der Waals surface area contributed by atoms with E-state index in [0.717, 1.165) is 15.4 Å². The molecule has 0 saturated carbocycles. The van der Waals surface area contributed by atoms with Crippen LogP contribution in [0.4, 0.5) is 5.69 Å². The molecule has 4 rings (SSSR count). The minimum absolute atomic E-state index is 0.114. The summed E-state index contributed by atoms with van der Waals surface area (Å²) in [4.78, 5) is 29.5. The highest BCUT2D eigenvalue weighted by Gasteiger charge is 2.14. The van der Waals surface area contributed by atoms with Crippen LogP contribution in [0.25, 0.3) is 22.2 Å². The molecule has 3 aromatic carbocycles. The van der Waals surface area contributed by atoms with E-state index < -0.39 is 5.69 Å². The van der Waals surface area contributed by atoms with Gasteiger partial charge in [0.2, 0.25) is 5.91 Å². The van der Waals surface area contributed by atoms with Crippen LogP contribution < -0.4 is 11.0 Å².